The van der Waals surface area contributed by atoms with Gasteiger partial charge in [-0.25, -0.2) is 4.39 Å². The predicted molar refractivity (Wildman–Crippen MR) is 59.8 cm³/mol. The van der Waals surface area contributed by atoms with Crippen molar-refractivity contribution in [2.75, 3.05) is 6.61 Å². The van der Waals surface area contributed by atoms with Crippen LogP contribution in [0.15, 0.2) is 18.2 Å². The van der Waals surface area contributed by atoms with Crippen LogP contribution >= 0.6 is 0 Å². The molecule has 0 aromatic heterocycles. The maximum Gasteiger partial charge on any atom is 0.131 e. The minimum atomic E-state index is -0.947. The van der Waals surface area contributed by atoms with E-state index in [4.69, 9.17) is 10.5 Å². The molecule has 0 aliphatic carbocycles. The molecular weight excluding hydrogens is 193 g/mol. The molecule has 0 heterocycles. The van der Waals surface area contributed by atoms with Crippen molar-refractivity contribution in [3.8, 4) is 5.75 Å². The van der Waals surface area contributed by atoms with E-state index in [2.05, 4.69) is 0 Å². The highest BCUT2D eigenvalue weighted by Crippen LogP contribution is 2.22. The van der Waals surface area contributed by atoms with Crippen LogP contribution in [0, 0.1) is 6.92 Å². The Morgan fingerprint density at radius 1 is 1.40 bits per heavy atom. The summed E-state index contributed by atoms with van der Waals surface area (Å²) in [5.74, 6) is 0.726. The monoisotopic (exact) mass is 211 g/mol. The Morgan fingerprint density at radius 3 is 2.53 bits per heavy atom. The van der Waals surface area contributed by atoms with E-state index < -0.39 is 6.17 Å². The number of hydrogen-bond donors (Lipinski definition) is 1. The minimum Gasteiger partial charge on any atom is -0.490 e. The van der Waals surface area contributed by atoms with E-state index in [1.54, 1.807) is 0 Å². The van der Waals surface area contributed by atoms with Crippen LogP contribution in [0.4, 0.5) is 4.39 Å². The summed E-state index contributed by atoms with van der Waals surface area (Å²) in [5.41, 5.74) is 7.81. The summed E-state index contributed by atoms with van der Waals surface area (Å²) in [6.07, 6.45) is -0.947. The molecule has 0 aliphatic heterocycles. The number of halogens is 1. The van der Waals surface area contributed by atoms with Crippen LogP contribution in [0.3, 0.4) is 0 Å². The smallest absolute Gasteiger partial charge is 0.131 e. The van der Waals surface area contributed by atoms with Crippen LogP contribution in [-0.4, -0.2) is 12.8 Å². The first kappa shape index (κ1) is 12.0. The molecule has 0 amide bonds. The molecule has 1 aromatic carbocycles. The van der Waals surface area contributed by atoms with Gasteiger partial charge in [0.1, 0.15) is 18.5 Å². The average Bonchev–Trinajstić information content (AvgIpc) is 2.15. The Balaban J connectivity index is 2.75. The maximum absolute atomic E-state index is 12.6. The van der Waals surface area contributed by atoms with Gasteiger partial charge < -0.3 is 10.5 Å². The first-order chi connectivity index (χ1) is 7.00. The van der Waals surface area contributed by atoms with E-state index in [9.17, 15) is 4.39 Å². The maximum atomic E-state index is 12.6. The van der Waals surface area contributed by atoms with Crippen LogP contribution in [0.5, 0.6) is 5.75 Å². The molecule has 84 valence electrons. The molecule has 0 saturated heterocycles. The zero-order valence-electron chi connectivity index (χ0n) is 9.46. The summed E-state index contributed by atoms with van der Waals surface area (Å²) in [6, 6.07) is 5.74. The van der Waals surface area contributed by atoms with Crippen LogP contribution in [-0.2, 0) is 0 Å². The molecule has 3 heteroatoms. The lowest BCUT2D eigenvalue weighted by Crippen LogP contribution is -2.10. The number of nitrogens with two attached hydrogens (primary N) is 1. The number of alkyl halides is 1. The lowest BCUT2D eigenvalue weighted by Gasteiger charge is -2.12. The zero-order chi connectivity index (χ0) is 11.4. The standard InChI is InChI=1S/C12H18FNO/c1-8-6-11(10(3)14)4-5-12(8)15-7-9(2)13/h4-6,9-10H,7,14H2,1-3H3. The van der Waals surface area contributed by atoms with Crippen LogP contribution in [0.1, 0.15) is 31.0 Å². The van der Waals surface area contributed by atoms with E-state index >= 15 is 0 Å². The number of benzene rings is 1. The van der Waals surface area contributed by atoms with Gasteiger partial charge in [-0.15, -0.1) is 0 Å². The summed E-state index contributed by atoms with van der Waals surface area (Å²) < 4.78 is 17.9. The number of hydrogen-bond acceptors (Lipinski definition) is 2. The largest absolute Gasteiger partial charge is 0.490 e. The van der Waals surface area contributed by atoms with Gasteiger partial charge in [0.05, 0.1) is 0 Å². The van der Waals surface area contributed by atoms with Gasteiger partial charge in [0, 0.05) is 6.04 Å². The van der Waals surface area contributed by atoms with Crippen molar-refractivity contribution in [3.05, 3.63) is 29.3 Å². The van der Waals surface area contributed by atoms with Gasteiger partial charge in [0.15, 0.2) is 0 Å². The Labute approximate surface area is 90.2 Å². The van der Waals surface area contributed by atoms with Gasteiger partial charge in [-0.2, -0.15) is 0 Å². The lowest BCUT2D eigenvalue weighted by molar-refractivity contribution is 0.209. The summed E-state index contributed by atoms with van der Waals surface area (Å²) in [5, 5.41) is 0. The second-order valence-corrected chi connectivity index (χ2v) is 3.91. The van der Waals surface area contributed by atoms with E-state index in [-0.39, 0.29) is 12.6 Å². The van der Waals surface area contributed by atoms with Crippen molar-refractivity contribution < 1.29 is 9.13 Å². The van der Waals surface area contributed by atoms with Crippen LogP contribution in [0.2, 0.25) is 0 Å². The summed E-state index contributed by atoms with van der Waals surface area (Å²) in [7, 11) is 0. The second kappa shape index (κ2) is 5.12. The Kier molecular flexibility index (Phi) is 4.09. The van der Waals surface area contributed by atoms with E-state index in [0.717, 1.165) is 16.9 Å². The average molecular weight is 211 g/mol. The first-order valence-corrected chi connectivity index (χ1v) is 5.13. The van der Waals surface area contributed by atoms with Crippen molar-refractivity contribution in [1.82, 2.24) is 0 Å². The van der Waals surface area contributed by atoms with Gasteiger partial charge in [-0.05, 0) is 38.0 Å². The van der Waals surface area contributed by atoms with E-state index in [1.807, 2.05) is 32.0 Å². The van der Waals surface area contributed by atoms with Gasteiger partial charge in [0.25, 0.3) is 0 Å². The molecule has 0 fully saturated rings. The fourth-order valence-corrected chi connectivity index (χ4v) is 1.32. The van der Waals surface area contributed by atoms with Crippen molar-refractivity contribution in [2.24, 2.45) is 5.73 Å². The molecule has 2 unspecified atom stereocenters. The van der Waals surface area contributed by atoms with E-state index in [1.165, 1.54) is 6.92 Å². The van der Waals surface area contributed by atoms with Gasteiger partial charge in [-0.3, -0.25) is 0 Å². The molecule has 1 aromatic rings. The quantitative estimate of drug-likeness (QED) is 0.831. The fraction of sp³-hybridized carbons (Fsp3) is 0.500. The molecule has 2 atom stereocenters. The van der Waals surface area contributed by atoms with Gasteiger partial charge in [-0.1, -0.05) is 12.1 Å². The lowest BCUT2D eigenvalue weighted by atomic mass is 10.1. The first-order valence-electron chi connectivity index (χ1n) is 5.13. The molecule has 2 N–H and O–H groups in total. The highest BCUT2D eigenvalue weighted by atomic mass is 19.1. The Morgan fingerprint density at radius 2 is 2.07 bits per heavy atom. The molecule has 2 nitrogen and oxygen atoms in total. The molecular formula is C12H18FNO. The van der Waals surface area contributed by atoms with Crippen LogP contribution < -0.4 is 10.5 Å². The van der Waals surface area contributed by atoms with E-state index in [0.29, 0.717) is 0 Å². The number of rotatable bonds is 4. The van der Waals surface area contributed by atoms with Gasteiger partial charge in [0.2, 0.25) is 0 Å². The number of ether oxygens (including phenoxy) is 1. The highest BCUT2D eigenvalue weighted by Gasteiger charge is 2.05. The Bertz CT molecular complexity index is 323. The molecule has 15 heavy (non-hydrogen) atoms. The number of aryl methyl sites for hydroxylation is 1. The van der Waals surface area contributed by atoms with Gasteiger partial charge >= 0.3 is 0 Å². The van der Waals surface area contributed by atoms with Crippen molar-refractivity contribution in [1.29, 1.82) is 0 Å². The molecule has 0 radical (unpaired) electrons. The Hall–Kier alpha value is -1.09. The second-order valence-electron chi connectivity index (χ2n) is 3.91. The normalized spacial score (nSPS) is 14.7. The molecule has 0 bridgehead atoms. The van der Waals surface area contributed by atoms with Crippen molar-refractivity contribution in [2.45, 2.75) is 33.0 Å². The molecule has 1 rings (SSSR count). The molecule has 0 spiro atoms. The summed E-state index contributed by atoms with van der Waals surface area (Å²) >= 11 is 0. The summed E-state index contributed by atoms with van der Waals surface area (Å²) in [6.45, 7) is 5.44. The zero-order valence-corrected chi connectivity index (χ0v) is 9.46. The topological polar surface area (TPSA) is 35.2 Å². The van der Waals surface area contributed by atoms with Crippen molar-refractivity contribution in [3.63, 3.8) is 0 Å². The SMILES string of the molecule is Cc1cc(C(C)N)ccc1OCC(C)F. The third-order valence-corrected chi connectivity index (χ3v) is 2.19. The third kappa shape index (κ3) is 3.51. The minimum absolute atomic E-state index is 0.0119. The third-order valence-electron chi connectivity index (χ3n) is 2.19. The van der Waals surface area contributed by atoms with Crippen LogP contribution in [0.25, 0.3) is 0 Å². The summed E-state index contributed by atoms with van der Waals surface area (Å²) in [4.78, 5) is 0. The van der Waals surface area contributed by atoms with Crippen molar-refractivity contribution >= 4 is 0 Å². The predicted octanol–water partition coefficient (Wildman–Crippen LogP) is 2.75. The fourth-order valence-electron chi connectivity index (χ4n) is 1.32. The highest BCUT2D eigenvalue weighted by molar-refractivity contribution is 5.37. The molecule has 0 aliphatic rings. The molecule has 0 saturated carbocycles.